The molecule has 2 N–H and O–H groups in total. The zero-order valence-electron chi connectivity index (χ0n) is 6.20. The Morgan fingerprint density at radius 1 is 1.38 bits per heavy atom. The molecule has 7 heteroatoms. The van der Waals surface area contributed by atoms with Crippen molar-refractivity contribution in [3.05, 3.63) is 27.3 Å². The van der Waals surface area contributed by atoms with Crippen molar-refractivity contribution in [1.82, 2.24) is 0 Å². The zero-order chi connectivity index (χ0) is 9.42. The van der Waals surface area contributed by atoms with Gasteiger partial charge in [-0.05, 0) is 6.07 Å². The number of nitrogens with zero attached hydrogens (tertiary/aromatic N) is 1. The molecule has 68 valence electrons. The normalized spacial score (nSPS) is 13.0. The molecule has 6 nitrogen and oxygen atoms in total. The van der Waals surface area contributed by atoms with Gasteiger partial charge in [-0.15, -0.1) is 0 Å². The van der Waals surface area contributed by atoms with Crippen LogP contribution in [-0.4, -0.2) is 4.92 Å². The number of halogens is 1. The quantitative estimate of drug-likeness (QED) is 0.536. The molecule has 0 amide bonds. The third kappa shape index (κ3) is 1.16. The van der Waals surface area contributed by atoms with Crippen LogP contribution in [0.4, 0.5) is 17.1 Å². The smallest absolute Gasteiger partial charge is 0.258 e. The van der Waals surface area contributed by atoms with Crippen molar-refractivity contribution in [2.75, 3.05) is 11.0 Å². The number of hydrogen-bond acceptors (Lipinski definition) is 5. The van der Waals surface area contributed by atoms with Crippen molar-refractivity contribution in [3.63, 3.8) is 0 Å². The van der Waals surface area contributed by atoms with E-state index in [0.717, 1.165) is 0 Å². The Bertz CT molecular complexity index is 382. The van der Waals surface area contributed by atoms with Crippen molar-refractivity contribution < 1.29 is 9.86 Å². The first kappa shape index (κ1) is 8.09. The first-order chi connectivity index (χ1) is 6.20. The minimum absolute atomic E-state index is 0.0793. The number of rotatable bonds is 1. The van der Waals surface area contributed by atoms with Gasteiger partial charge in [-0.25, -0.2) is 11.0 Å². The molecule has 1 heterocycles. The SMILES string of the molecule is O=[N+]([O-])c1ccc(Cl)c2c1NON2. The predicted molar refractivity (Wildman–Crippen MR) is 46.4 cm³/mol. The van der Waals surface area contributed by atoms with Gasteiger partial charge in [-0.2, -0.15) is 4.94 Å². The molecule has 1 aromatic rings. The number of nitro benzene ring substituents is 1. The Balaban J connectivity index is 2.62. The van der Waals surface area contributed by atoms with Crippen LogP contribution in [0, 0.1) is 10.1 Å². The molecule has 0 fully saturated rings. The van der Waals surface area contributed by atoms with Gasteiger partial charge < -0.3 is 0 Å². The van der Waals surface area contributed by atoms with Crippen LogP contribution in [0.3, 0.4) is 0 Å². The predicted octanol–water partition coefficient (Wildman–Crippen LogP) is 1.93. The molecule has 1 aliphatic rings. The maximum atomic E-state index is 10.5. The minimum Gasteiger partial charge on any atom is -0.258 e. The van der Waals surface area contributed by atoms with E-state index in [-0.39, 0.29) is 11.4 Å². The van der Waals surface area contributed by atoms with Crippen LogP contribution in [0.5, 0.6) is 0 Å². The molecule has 1 aliphatic heterocycles. The average molecular weight is 202 g/mol. The topological polar surface area (TPSA) is 76.4 Å². The van der Waals surface area contributed by atoms with Crippen molar-refractivity contribution in [1.29, 1.82) is 0 Å². The van der Waals surface area contributed by atoms with Gasteiger partial charge in [0.15, 0.2) is 5.69 Å². The highest BCUT2D eigenvalue weighted by Gasteiger charge is 2.24. The van der Waals surface area contributed by atoms with Gasteiger partial charge in [0.2, 0.25) is 0 Å². The molecular weight excluding hydrogens is 198 g/mol. The second kappa shape index (κ2) is 2.75. The Morgan fingerprint density at radius 3 is 2.77 bits per heavy atom. The first-order valence-electron chi connectivity index (χ1n) is 3.35. The molecule has 0 spiro atoms. The zero-order valence-corrected chi connectivity index (χ0v) is 6.96. The van der Waals surface area contributed by atoms with Gasteiger partial charge in [0, 0.05) is 6.07 Å². The highest BCUT2D eigenvalue weighted by atomic mass is 35.5. The Kier molecular flexibility index (Phi) is 1.71. The van der Waals surface area contributed by atoms with Crippen LogP contribution in [0.1, 0.15) is 0 Å². The molecule has 0 atom stereocenters. The van der Waals surface area contributed by atoms with Crippen LogP contribution >= 0.6 is 11.6 Å². The largest absolute Gasteiger partial charge is 0.297 e. The summed E-state index contributed by atoms with van der Waals surface area (Å²) in [6.45, 7) is 0. The lowest BCUT2D eigenvalue weighted by molar-refractivity contribution is -0.384. The van der Waals surface area contributed by atoms with E-state index in [1.807, 2.05) is 0 Å². The van der Waals surface area contributed by atoms with Gasteiger partial charge in [-0.3, -0.25) is 10.1 Å². The summed E-state index contributed by atoms with van der Waals surface area (Å²) in [5.41, 5.74) is 5.32. The van der Waals surface area contributed by atoms with Crippen LogP contribution in [0.2, 0.25) is 5.02 Å². The Labute approximate surface area is 77.5 Å². The monoisotopic (exact) mass is 201 g/mol. The standard InChI is InChI=1S/C6H4ClN3O3/c7-3-1-2-4(10(11)12)6-5(3)8-13-9-6/h1-2,8-9H. The number of benzene rings is 1. The number of hydrogen-bond donors (Lipinski definition) is 2. The molecule has 0 bridgehead atoms. The number of nitro groups is 1. The second-order valence-electron chi connectivity index (χ2n) is 2.38. The summed E-state index contributed by atoms with van der Waals surface area (Å²) in [5.74, 6) is 0. The molecule has 1 aromatic carbocycles. The maximum absolute atomic E-state index is 10.5. The first-order valence-corrected chi connectivity index (χ1v) is 3.72. The molecule has 0 unspecified atom stereocenters. The summed E-state index contributed by atoms with van der Waals surface area (Å²) in [7, 11) is 0. The average Bonchev–Trinajstić information content (AvgIpc) is 2.53. The maximum Gasteiger partial charge on any atom is 0.297 e. The highest BCUT2D eigenvalue weighted by Crippen LogP contribution is 2.40. The molecule has 0 aromatic heterocycles. The summed E-state index contributed by atoms with van der Waals surface area (Å²) >= 11 is 5.74. The van der Waals surface area contributed by atoms with Crippen molar-refractivity contribution in [2.24, 2.45) is 0 Å². The van der Waals surface area contributed by atoms with Crippen molar-refractivity contribution >= 4 is 28.7 Å². The third-order valence-corrected chi connectivity index (χ3v) is 1.95. The van der Waals surface area contributed by atoms with Gasteiger partial charge in [0.25, 0.3) is 5.69 Å². The summed E-state index contributed by atoms with van der Waals surface area (Å²) < 4.78 is 0. The van der Waals surface area contributed by atoms with Gasteiger partial charge in [0.1, 0.15) is 5.69 Å². The van der Waals surface area contributed by atoms with Crippen LogP contribution in [0.15, 0.2) is 12.1 Å². The lowest BCUT2D eigenvalue weighted by atomic mass is 10.2. The van der Waals surface area contributed by atoms with Crippen LogP contribution in [-0.2, 0) is 4.94 Å². The third-order valence-electron chi connectivity index (χ3n) is 1.64. The molecule has 0 saturated heterocycles. The molecular formula is C6H4ClN3O3. The van der Waals surface area contributed by atoms with Crippen LogP contribution in [0.25, 0.3) is 0 Å². The lowest BCUT2D eigenvalue weighted by Crippen LogP contribution is -1.96. The van der Waals surface area contributed by atoms with E-state index in [4.69, 9.17) is 11.6 Å². The van der Waals surface area contributed by atoms with E-state index in [9.17, 15) is 10.1 Å². The summed E-state index contributed by atoms with van der Waals surface area (Å²) in [6.07, 6.45) is 0. The lowest BCUT2D eigenvalue weighted by Gasteiger charge is -1.98. The molecule has 0 radical (unpaired) electrons. The van der Waals surface area contributed by atoms with Gasteiger partial charge in [0.05, 0.1) is 9.95 Å². The van der Waals surface area contributed by atoms with Gasteiger partial charge in [-0.1, -0.05) is 11.6 Å². The number of nitrogens with one attached hydrogen (secondary N) is 2. The number of fused-ring (bicyclic) bond motifs is 1. The summed E-state index contributed by atoms with van der Waals surface area (Å²) in [4.78, 5) is 14.6. The Hall–Kier alpha value is -1.53. The fourth-order valence-electron chi connectivity index (χ4n) is 1.05. The highest BCUT2D eigenvalue weighted by molar-refractivity contribution is 6.34. The Morgan fingerprint density at radius 2 is 2.08 bits per heavy atom. The molecule has 0 aliphatic carbocycles. The van der Waals surface area contributed by atoms with E-state index < -0.39 is 4.92 Å². The van der Waals surface area contributed by atoms with Gasteiger partial charge >= 0.3 is 0 Å². The number of anilines is 2. The van der Waals surface area contributed by atoms with Crippen molar-refractivity contribution in [2.45, 2.75) is 0 Å². The van der Waals surface area contributed by atoms with E-state index >= 15 is 0 Å². The van der Waals surface area contributed by atoms with E-state index in [1.54, 1.807) is 0 Å². The molecule has 2 rings (SSSR count). The fraction of sp³-hybridized carbons (Fsp3) is 0. The summed E-state index contributed by atoms with van der Waals surface area (Å²) in [6, 6.07) is 2.74. The van der Waals surface area contributed by atoms with Crippen molar-refractivity contribution in [3.8, 4) is 0 Å². The van der Waals surface area contributed by atoms with E-state index in [0.29, 0.717) is 10.7 Å². The fourth-order valence-corrected chi connectivity index (χ4v) is 1.25. The van der Waals surface area contributed by atoms with E-state index in [1.165, 1.54) is 12.1 Å². The molecule has 13 heavy (non-hydrogen) atoms. The van der Waals surface area contributed by atoms with E-state index in [2.05, 4.69) is 15.9 Å². The summed E-state index contributed by atoms with van der Waals surface area (Å²) in [5, 5.41) is 10.9. The second-order valence-corrected chi connectivity index (χ2v) is 2.79. The van der Waals surface area contributed by atoms with Crippen LogP contribution < -0.4 is 11.0 Å². The molecule has 0 saturated carbocycles. The minimum atomic E-state index is -0.515.